The lowest BCUT2D eigenvalue weighted by Gasteiger charge is -2.28. The van der Waals surface area contributed by atoms with Gasteiger partial charge in [-0.2, -0.15) is 5.10 Å². The summed E-state index contributed by atoms with van der Waals surface area (Å²) in [5.41, 5.74) is 0.980. The van der Waals surface area contributed by atoms with Crippen LogP contribution in [0.25, 0.3) is 0 Å². The number of amides is 1. The van der Waals surface area contributed by atoms with Gasteiger partial charge in [-0.25, -0.2) is 0 Å². The molecule has 0 saturated carbocycles. The highest BCUT2D eigenvalue weighted by molar-refractivity contribution is 5.90. The molecule has 5 heteroatoms. The number of piperidine rings is 1. The van der Waals surface area contributed by atoms with Crippen molar-refractivity contribution in [3.8, 4) is 0 Å². The number of carbonyl (C=O) groups excluding carboxylic acids is 1. The van der Waals surface area contributed by atoms with Crippen LogP contribution in [0, 0.1) is 12.8 Å². The Morgan fingerprint density at radius 1 is 1.44 bits per heavy atom. The maximum atomic E-state index is 12.0. The summed E-state index contributed by atoms with van der Waals surface area (Å²) < 4.78 is 0. The zero-order valence-electron chi connectivity index (χ0n) is 10.7. The molecule has 2 fully saturated rings. The third kappa shape index (κ3) is 2.41. The Hall–Kier alpha value is -1.36. The monoisotopic (exact) mass is 248 g/mol. The van der Waals surface area contributed by atoms with E-state index in [-0.39, 0.29) is 5.91 Å². The fourth-order valence-corrected chi connectivity index (χ4v) is 3.27. The maximum Gasteiger partial charge on any atom is 0.225 e. The molecule has 3 rings (SSSR count). The van der Waals surface area contributed by atoms with E-state index < -0.39 is 0 Å². The minimum atomic E-state index is 0.105. The number of carbonyl (C=O) groups is 1. The molecule has 5 nitrogen and oxygen atoms in total. The van der Waals surface area contributed by atoms with Gasteiger partial charge in [0.15, 0.2) is 0 Å². The van der Waals surface area contributed by atoms with Crippen molar-refractivity contribution in [3.63, 3.8) is 0 Å². The first-order chi connectivity index (χ1) is 8.70. The summed E-state index contributed by atoms with van der Waals surface area (Å²) in [6, 6.07) is 1.30. The predicted octanol–water partition coefficient (Wildman–Crippen LogP) is 1.58. The molecule has 3 N–H and O–H groups in total. The lowest BCUT2D eigenvalue weighted by atomic mass is 9.89. The summed E-state index contributed by atoms with van der Waals surface area (Å²) in [4.78, 5) is 12.0. The highest BCUT2D eigenvalue weighted by Gasteiger charge is 2.34. The van der Waals surface area contributed by atoms with E-state index in [9.17, 15) is 4.79 Å². The number of aryl methyl sites for hydroxylation is 1. The van der Waals surface area contributed by atoms with Crippen LogP contribution in [0.1, 0.15) is 37.7 Å². The van der Waals surface area contributed by atoms with Gasteiger partial charge in [0.25, 0.3) is 0 Å². The minimum Gasteiger partial charge on any atom is -0.311 e. The lowest BCUT2D eigenvalue weighted by molar-refractivity contribution is -0.117. The average molecular weight is 248 g/mol. The summed E-state index contributed by atoms with van der Waals surface area (Å²) in [6.07, 6.45) is 7.20. The van der Waals surface area contributed by atoms with E-state index in [2.05, 4.69) is 20.8 Å². The molecular formula is C13H20N4O. The van der Waals surface area contributed by atoms with Crippen LogP contribution < -0.4 is 10.6 Å². The number of nitrogens with zero attached hydrogens (tertiary/aromatic N) is 1. The summed E-state index contributed by atoms with van der Waals surface area (Å²) in [5.74, 6) is 1.37. The number of aromatic amines is 1. The highest BCUT2D eigenvalue weighted by Crippen LogP contribution is 2.32. The number of H-pyrrole nitrogens is 1. The topological polar surface area (TPSA) is 69.8 Å². The van der Waals surface area contributed by atoms with Crippen molar-refractivity contribution in [1.29, 1.82) is 0 Å². The van der Waals surface area contributed by atoms with Crippen molar-refractivity contribution in [2.45, 2.75) is 51.1 Å². The van der Waals surface area contributed by atoms with Crippen LogP contribution in [0.5, 0.6) is 0 Å². The highest BCUT2D eigenvalue weighted by atomic mass is 16.1. The Morgan fingerprint density at radius 2 is 2.17 bits per heavy atom. The van der Waals surface area contributed by atoms with Gasteiger partial charge >= 0.3 is 0 Å². The van der Waals surface area contributed by atoms with E-state index in [1.807, 2.05) is 6.92 Å². The Kier molecular flexibility index (Phi) is 3.07. The van der Waals surface area contributed by atoms with Crippen molar-refractivity contribution >= 4 is 11.7 Å². The zero-order chi connectivity index (χ0) is 12.5. The molecule has 0 aliphatic carbocycles. The molecule has 2 atom stereocenters. The first-order valence-electron chi connectivity index (χ1n) is 6.76. The molecular weight excluding hydrogens is 228 g/mol. The normalized spacial score (nSPS) is 30.4. The van der Waals surface area contributed by atoms with Gasteiger partial charge in [-0.05, 0) is 38.5 Å². The Bertz CT molecular complexity index is 430. The van der Waals surface area contributed by atoms with Crippen molar-refractivity contribution in [2.24, 2.45) is 5.92 Å². The smallest absolute Gasteiger partial charge is 0.225 e. The standard InChI is InChI=1S/C13H20N4O/c1-8-7-14-17-13(8)16-12(18)6-9-4-10-2-3-11(5-9)15-10/h7,9-11,15H,2-6H2,1H3,(H2,14,16,17,18). The van der Waals surface area contributed by atoms with Crippen LogP contribution in [0.3, 0.4) is 0 Å². The molecule has 3 heterocycles. The van der Waals surface area contributed by atoms with Crippen LogP contribution in [0.15, 0.2) is 6.20 Å². The van der Waals surface area contributed by atoms with Gasteiger partial charge in [-0.3, -0.25) is 9.89 Å². The predicted molar refractivity (Wildman–Crippen MR) is 69.2 cm³/mol. The molecule has 18 heavy (non-hydrogen) atoms. The third-order valence-corrected chi connectivity index (χ3v) is 4.14. The molecule has 1 aromatic heterocycles. The Balaban J connectivity index is 1.54. The molecule has 0 aromatic carbocycles. The van der Waals surface area contributed by atoms with Crippen molar-refractivity contribution in [3.05, 3.63) is 11.8 Å². The average Bonchev–Trinajstić information content (AvgIpc) is 2.86. The number of rotatable bonds is 3. The molecule has 2 aliphatic rings. The first-order valence-corrected chi connectivity index (χ1v) is 6.76. The summed E-state index contributed by atoms with van der Waals surface area (Å²) in [6.45, 7) is 1.93. The number of anilines is 1. The molecule has 2 unspecified atom stereocenters. The Labute approximate surface area is 107 Å². The number of aromatic nitrogens is 2. The molecule has 2 aliphatic heterocycles. The van der Waals surface area contributed by atoms with Crippen LogP contribution in [0.4, 0.5) is 5.82 Å². The van der Waals surface area contributed by atoms with E-state index in [0.29, 0.717) is 24.4 Å². The molecule has 2 bridgehead atoms. The molecule has 0 radical (unpaired) electrons. The van der Waals surface area contributed by atoms with Crippen molar-refractivity contribution in [1.82, 2.24) is 15.5 Å². The number of hydrogen-bond donors (Lipinski definition) is 3. The largest absolute Gasteiger partial charge is 0.311 e. The molecule has 2 saturated heterocycles. The summed E-state index contributed by atoms with van der Waals surface area (Å²) >= 11 is 0. The second-order valence-electron chi connectivity index (χ2n) is 5.66. The van der Waals surface area contributed by atoms with Crippen molar-refractivity contribution < 1.29 is 4.79 Å². The van der Waals surface area contributed by atoms with Crippen LogP contribution in [-0.2, 0) is 4.79 Å². The number of fused-ring (bicyclic) bond motifs is 2. The summed E-state index contributed by atoms with van der Waals surface area (Å²) in [5, 5.41) is 13.2. The van der Waals surface area contributed by atoms with Crippen LogP contribution in [0.2, 0.25) is 0 Å². The molecule has 98 valence electrons. The fraction of sp³-hybridized carbons (Fsp3) is 0.692. The zero-order valence-corrected chi connectivity index (χ0v) is 10.7. The van der Waals surface area contributed by atoms with E-state index in [0.717, 1.165) is 24.2 Å². The number of nitrogens with one attached hydrogen (secondary N) is 3. The van der Waals surface area contributed by atoms with Crippen molar-refractivity contribution in [2.75, 3.05) is 5.32 Å². The quantitative estimate of drug-likeness (QED) is 0.760. The van der Waals surface area contributed by atoms with Gasteiger partial charge in [0.05, 0.1) is 6.20 Å². The second kappa shape index (κ2) is 4.72. The van der Waals surface area contributed by atoms with Gasteiger partial charge < -0.3 is 10.6 Å². The maximum absolute atomic E-state index is 12.0. The van der Waals surface area contributed by atoms with Gasteiger partial charge in [0, 0.05) is 24.1 Å². The van der Waals surface area contributed by atoms with Gasteiger partial charge in [-0.15, -0.1) is 0 Å². The second-order valence-corrected chi connectivity index (χ2v) is 5.66. The minimum absolute atomic E-state index is 0.105. The SMILES string of the molecule is Cc1cn[nH]c1NC(=O)CC1CC2CCC(C1)N2. The molecule has 0 spiro atoms. The fourth-order valence-electron chi connectivity index (χ4n) is 3.27. The lowest BCUT2D eigenvalue weighted by Crippen LogP contribution is -2.39. The summed E-state index contributed by atoms with van der Waals surface area (Å²) in [7, 11) is 0. The van der Waals surface area contributed by atoms with Gasteiger partial charge in [0.1, 0.15) is 5.82 Å². The van der Waals surface area contributed by atoms with E-state index in [4.69, 9.17) is 0 Å². The molecule has 1 aromatic rings. The number of hydrogen-bond acceptors (Lipinski definition) is 3. The van der Waals surface area contributed by atoms with Crippen LogP contribution >= 0.6 is 0 Å². The Morgan fingerprint density at radius 3 is 2.78 bits per heavy atom. The van der Waals surface area contributed by atoms with E-state index in [1.165, 1.54) is 12.8 Å². The van der Waals surface area contributed by atoms with E-state index in [1.54, 1.807) is 6.20 Å². The first kappa shape index (κ1) is 11.7. The van der Waals surface area contributed by atoms with Gasteiger partial charge in [0.2, 0.25) is 5.91 Å². The molecule has 1 amide bonds. The van der Waals surface area contributed by atoms with Crippen LogP contribution in [-0.4, -0.2) is 28.2 Å². The van der Waals surface area contributed by atoms with Gasteiger partial charge in [-0.1, -0.05) is 0 Å². The van der Waals surface area contributed by atoms with E-state index >= 15 is 0 Å². The third-order valence-electron chi connectivity index (χ3n) is 4.14.